The van der Waals surface area contributed by atoms with E-state index in [4.69, 9.17) is 5.73 Å². The van der Waals surface area contributed by atoms with E-state index in [1.54, 1.807) is 13.1 Å². The van der Waals surface area contributed by atoms with Gasteiger partial charge in [-0.15, -0.1) is 0 Å². The molecular weight excluding hydrogens is 346 g/mol. The minimum atomic E-state index is -1.18. The number of amides is 2. The molecule has 1 rings (SSSR count). The number of carboxylic acids is 1. The Morgan fingerprint density at radius 1 is 1.36 bits per heavy atom. The molecule has 0 radical (unpaired) electrons. The Kier molecular flexibility index (Phi) is 8.42. The lowest BCUT2D eigenvalue weighted by Crippen LogP contribution is -2.57. The number of nitrogens with two attached hydrogens (primary N) is 1. The van der Waals surface area contributed by atoms with Crippen LogP contribution in [0.4, 0.5) is 0 Å². The molecule has 1 aromatic heterocycles. The molecule has 140 valence electrons. The van der Waals surface area contributed by atoms with E-state index in [-0.39, 0.29) is 18.1 Å². The highest BCUT2D eigenvalue weighted by atomic mass is 32.1. The Bertz CT molecular complexity index is 580. The Hall–Kier alpha value is -2.07. The zero-order valence-corrected chi connectivity index (χ0v) is 15.1. The van der Waals surface area contributed by atoms with Gasteiger partial charge in [0, 0.05) is 18.4 Å². The van der Waals surface area contributed by atoms with E-state index >= 15 is 0 Å². The van der Waals surface area contributed by atoms with Crippen molar-refractivity contribution in [3.8, 4) is 0 Å². The number of H-pyrrole nitrogens is 1. The summed E-state index contributed by atoms with van der Waals surface area (Å²) in [6, 6.07) is -2.88. The van der Waals surface area contributed by atoms with E-state index in [0.29, 0.717) is 12.1 Å². The first-order valence-electron chi connectivity index (χ1n) is 7.97. The van der Waals surface area contributed by atoms with Crippen LogP contribution in [0.25, 0.3) is 0 Å². The van der Waals surface area contributed by atoms with Crippen molar-refractivity contribution in [1.82, 2.24) is 20.6 Å². The van der Waals surface area contributed by atoms with Crippen LogP contribution in [0.1, 0.15) is 26.0 Å². The molecule has 0 aliphatic rings. The molecule has 0 saturated carbocycles. The van der Waals surface area contributed by atoms with Crippen molar-refractivity contribution in [3.63, 3.8) is 0 Å². The predicted octanol–water partition coefficient (Wildman–Crippen LogP) is -0.690. The van der Waals surface area contributed by atoms with Crippen molar-refractivity contribution in [1.29, 1.82) is 0 Å². The Labute approximate surface area is 151 Å². The number of carbonyl (C=O) groups excluding carboxylic acids is 2. The fourth-order valence-electron chi connectivity index (χ4n) is 2.12. The van der Waals surface area contributed by atoms with Crippen molar-refractivity contribution in [2.24, 2.45) is 11.7 Å². The van der Waals surface area contributed by atoms with Crippen LogP contribution >= 0.6 is 12.6 Å². The van der Waals surface area contributed by atoms with E-state index in [0.717, 1.165) is 0 Å². The maximum Gasteiger partial charge on any atom is 0.326 e. The molecule has 1 heterocycles. The van der Waals surface area contributed by atoms with E-state index in [1.165, 1.54) is 6.33 Å². The average Bonchev–Trinajstić information content (AvgIpc) is 3.10. The molecule has 9 nitrogen and oxygen atoms in total. The molecule has 0 fully saturated rings. The zero-order chi connectivity index (χ0) is 19.0. The smallest absolute Gasteiger partial charge is 0.326 e. The summed E-state index contributed by atoms with van der Waals surface area (Å²) in [6.07, 6.45) is 3.63. The molecule has 0 spiro atoms. The van der Waals surface area contributed by atoms with Crippen molar-refractivity contribution < 1.29 is 19.5 Å². The summed E-state index contributed by atoms with van der Waals surface area (Å²) in [5.41, 5.74) is 6.13. The van der Waals surface area contributed by atoms with Crippen LogP contribution in [-0.2, 0) is 20.8 Å². The highest BCUT2D eigenvalue weighted by Crippen LogP contribution is 2.09. The van der Waals surface area contributed by atoms with Crippen LogP contribution < -0.4 is 16.4 Å². The minimum absolute atomic E-state index is 0.0297. The first-order chi connectivity index (χ1) is 11.8. The third kappa shape index (κ3) is 6.39. The molecule has 1 aromatic rings. The maximum absolute atomic E-state index is 12.6. The lowest BCUT2D eigenvalue weighted by atomic mass is 9.97. The molecule has 0 aromatic carbocycles. The van der Waals surface area contributed by atoms with Crippen LogP contribution in [-0.4, -0.2) is 56.7 Å². The Morgan fingerprint density at radius 3 is 2.52 bits per heavy atom. The molecular formula is C15H25N5O4S. The van der Waals surface area contributed by atoms with Crippen LogP contribution in [0.5, 0.6) is 0 Å². The van der Waals surface area contributed by atoms with Gasteiger partial charge in [0.05, 0.1) is 18.1 Å². The molecule has 25 heavy (non-hydrogen) atoms. The van der Waals surface area contributed by atoms with Gasteiger partial charge >= 0.3 is 5.97 Å². The molecule has 0 aliphatic heterocycles. The molecule has 10 heteroatoms. The number of carboxylic acid groups (broad SMARTS) is 1. The zero-order valence-electron chi connectivity index (χ0n) is 14.2. The number of aromatic nitrogens is 2. The first-order valence-corrected chi connectivity index (χ1v) is 8.61. The van der Waals surface area contributed by atoms with E-state index in [2.05, 4.69) is 33.2 Å². The molecule has 0 bridgehead atoms. The standard InChI is InChI=1S/C15H25N5O4S/c1-3-8(2)12(20-13(21)10(16)6-25)14(22)19-11(15(23)24)4-9-5-17-7-18-9/h5,7-8,10-12,25H,3-4,6,16H2,1-2H3,(H,17,18)(H,19,22)(H,20,21)(H,23,24)/t8-,10+,11+,12-/m1/s1. The number of aliphatic carboxylic acids is 1. The van der Waals surface area contributed by atoms with Crippen molar-refractivity contribution in [2.45, 2.75) is 44.8 Å². The van der Waals surface area contributed by atoms with Crippen molar-refractivity contribution >= 4 is 30.4 Å². The summed E-state index contributed by atoms with van der Waals surface area (Å²) in [5.74, 6) is -2.32. The third-order valence-electron chi connectivity index (χ3n) is 3.91. The Balaban J connectivity index is 2.83. The predicted molar refractivity (Wildman–Crippen MR) is 95.1 cm³/mol. The van der Waals surface area contributed by atoms with Gasteiger partial charge in [-0.25, -0.2) is 9.78 Å². The summed E-state index contributed by atoms with van der Waals surface area (Å²) < 4.78 is 0. The van der Waals surface area contributed by atoms with Crippen LogP contribution in [0.3, 0.4) is 0 Å². The number of carbonyl (C=O) groups is 3. The number of imidazole rings is 1. The van der Waals surface area contributed by atoms with Gasteiger partial charge in [0.25, 0.3) is 0 Å². The number of nitrogens with zero attached hydrogens (tertiary/aromatic N) is 1. The van der Waals surface area contributed by atoms with Gasteiger partial charge < -0.3 is 26.5 Å². The lowest BCUT2D eigenvalue weighted by molar-refractivity contribution is -0.142. The summed E-state index contributed by atoms with van der Waals surface area (Å²) in [5, 5.41) is 14.4. The maximum atomic E-state index is 12.6. The van der Waals surface area contributed by atoms with E-state index in [1.807, 2.05) is 6.92 Å². The second kappa shape index (κ2) is 10.0. The third-order valence-corrected chi connectivity index (χ3v) is 4.30. The largest absolute Gasteiger partial charge is 0.480 e. The fourth-order valence-corrected chi connectivity index (χ4v) is 2.28. The Morgan fingerprint density at radius 2 is 2.04 bits per heavy atom. The van der Waals surface area contributed by atoms with Crippen LogP contribution in [0.2, 0.25) is 0 Å². The highest BCUT2D eigenvalue weighted by Gasteiger charge is 2.31. The quantitative estimate of drug-likeness (QED) is 0.300. The van der Waals surface area contributed by atoms with Gasteiger partial charge in [0.15, 0.2) is 0 Å². The van der Waals surface area contributed by atoms with E-state index in [9.17, 15) is 19.5 Å². The molecule has 4 atom stereocenters. The minimum Gasteiger partial charge on any atom is -0.480 e. The van der Waals surface area contributed by atoms with Crippen LogP contribution in [0, 0.1) is 5.92 Å². The second-order valence-corrected chi connectivity index (χ2v) is 6.19. The lowest BCUT2D eigenvalue weighted by Gasteiger charge is -2.26. The molecule has 0 aliphatic carbocycles. The van der Waals surface area contributed by atoms with Gasteiger partial charge in [-0.2, -0.15) is 12.6 Å². The van der Waals surface area contributed by atoms with Gasteiger partial charge in [0.1, 0.15) is 12.1 Å². The van der Waals surface area contributed by atoms with Crippen LogP contribution in [0.15, 0.2) is 12.5 Å². The number of aromatic amines is 1. The van der Waals surface area contributed by atoms with Gasteiger partial charge in [-0.05, 0) is 5.92 Å². The SMILES string of the molecule is CC[C@@H](C)[C@@H](NC(=O)[C@@H](N)CS)C(=O)N[C@@H](Cc1c[nH]cn1)C(=O)O. The van der Waals surface area contributed by atoms with E-state index < -0.39 is 35.9 Å². The molecule has 0 saturated heterocycles. The molecule has 2 amide bonds. The van der Waals surface area contributed by atoms with Crippen molar-refractivity contribution in [3.05, 3.63) is 18.2 Å². The summed E-state index contributed by atoms with van der Waals surface area (Å²) in [7, 11) is 0. The highest BCUT2D eigenvalue weighted by molar-refractivity contribution is 7.80. The average molecular weight is 371 g/mol. The molecule has 0 unspecified atom stereocenters. The summed E-state index contributed by atoms with van der Waals surface area (Å²) >= 11 is 3.96. The normalized spacial score (nSPS) is 15.7. The number of nitrogens with one attached hydrogen (secondary N) is 3. The summed E-state index contributed by atoms with van der Waals surface area (Å²) in [6.45, 7) is 3.66. The summed E-state index contributed by atoms with van der Waals surface area (Å²) in [4.78, 5) is 42.7. The first kappa shape index (κ1) is 21.0. The topological polar surface area (TPSA) is 150 Å². The second-order valence-electron chi connectivity index (χ2n) is 5.82. The number of hydrogen-bond donors (Lipinski definition) is 6. The number of rotatable bonds is 10. The monoisotopic (exact) mass is 371 g/mol. The molecule has 6 N–H and O–H groups in total. The van der Waals surface area contributed by atoms with Gasteiger partial charge in [0.2, 0.25) is 11.8 Å². The van der Waals surface area contributed by atoms with Crippen molar-refractivity contribution in [2.75, 3.05) is 5.75 Å². The fraction of sp³-hybridized carbons (Fsp3) is 0.600. The number of thiol groups is 1. The van der Waals surface area contributed by atoms with Gasteiger partial charge in [-0.1, -0.05) is 20.3 Å². The van der Waals surface area contributed by atoms with Gasteiger partial charge in [-0.3, -0.25) is 9.59 Å². The number of hydrogen-bond acceptors (Lipinski definition) is 6.